The minimum atomic E-state index is -0.782. The second kappa shape index (κ2) is 13.6. The van der Waals surface area contributed by atoms with E-state index in [2.05, 4.69) is 34.9 Å². The maximum absolute atomic E-state index is 13.3. The van der Waals surface area contributed by atoms with Crippen molar-refractivity contribution in [3.05, 3.63) is 77.9 Å². The van der Waals surface area contributed by atoms with Gasteiger partial charge in [-0.1, -0.05) is 30.3 Å². The van der Waals surface area contributed by atoms with Crippen LogP contribution in [0.1, 0.15) is 47.3 Å². The number of alkyl halides is 1. The van der Waals surface area contributed by atoms with Gasteiger partial charge in [0.2, 0.25) is 0 Å². The zero-order valence-corrected chi connectivity index (χ0v) is 22.5. The number of likely N-dealkylation sites (tertiary alicyclic amines) is 1. The Morgan fingerprint density at radius 3 is 2.30 bits per heavy atom. The van der Waals surface area contributed by atoms with E-state index in [4.69, 9.17) is 0 Å². The van der Waals surface area contributed by atoms with Gasteiger partial charge in [-0.3, -0.25) is 19.4 Å². The summed E-state index contributed by atoms with van der Waals surface area (Å²) in [5, 5.41) is 19.5. The first-order valence-corrected chi connectivity index (χ1v) is 13.5. The predicted molar refractivity (Wildman–Crippen MR) is 147 cm³/mol. The summed E-state index contributed by atoms with van der Waals surface area (Å²) in [4.78, 5) is 31.2. The van der Waals surface area contributed by atoms with Crippen molar-refractivity contribution in [1.82, 2.24) is 14.7 Å². The minimum Gasteiger partial charge on any atom is -0.508 e. The number of carbonyl (C=O) groups is 2. The van der Waals surface area contributed by atoms with Crippen LogP contribution in [-0.4, -0.2) is 88.5 Å². The van der Waals surface area contributed by atoms with E-state index in [1.54, 1.807) is 17.0 Å². The third kappa shape index (κ3) is 7.12. The normalized spacial score (nSPS) is 20.0. The molecule has 2 heterocycles. The van der Waals surface area contributed by atoms with Crippen LogP contribution in [-0.2, 0) is 4.79 Å². The molecule has 8 heteroatoms. The first-order chi connectivity index (χ1) is 17.9. The van der Waals surface area contributed by atoms with E-state index in [0.29, 0.717) is 31.5 Å². The van der Waals surface area contributed by atoms with E-state index < -0.39 is 5.97 Å². The molecule has 2 atom stereocenters. The number of carboxylic acids is 1. The van der Waals surface area contributed by atoms with Crippen molar-refractivity contribution in [3.8, 4) is 5.75 Å². The molecule has 2 aromatic carbocycles. The van der Waals surface area contributed by atoms with Crippen LogP contribution >= 0.6 is 11.6 Å². The summed E-state index contributed by atoms with van der Waals surface area (Å²) < 4.78 is 0. The first kappa shape index (κ1) is 28.7. The van der Waals surface area contributed by atoms with E-state index >= 15 is 0 Å². The van der Waals surface area contributed by atoms with E-state index in [9.17, 15) is 19.8 Å². The number of phenols is 1. The number of rotatable bonds is 7. The average Bonchev–Trinajstić information content (AvgIpc) is 2.91. The van der Waals surface area contributed by atoms with Crippen LogP contribution < -0.4 is 0 Å². The quantitative estimate of drug-likeness (QED) is 0.408. The van der Waals surface area contributed by atoms with Gasteiger partial charge in [-0.25, -0.2) is 0 Å². The van der Waals surface area contributed by atoms with Gasteiger partial charge in [0, 0.05) is 57.3 Å². The highest BCUT2D eigenvalue weighted by Gasteiger charge is 2.32. The number of nitrogens with zero attached hydrogens (tertiary/aromatic N) is 3. The van der Waals surface area contributed by atoms with E-state index in [0.717, 1.165) is 37.3 Å². The van der Waals surface area contributed by atoms with Crippen LogP contribution in [0.2, 0.25) is 0 Å². The van der Waals surface area contributed by atoms with Crippen LogP contribution in [0, 0.1) is 5.92 Å². The fourth-order valence-corrected chi connectivity index (χ4v) is 5.40. The number of phenolic OH excluding ortho intramolecular Hbond substituents is 1. The molecule has 2 aliphatic heterocycles. The molecule has 2 N–H and O–H groups in total. The number of piperazine rings is 1. The van der Waals surface area contributed by atoms with Gasteiger partial charge in [0.25, 0.3) is 5.91 Å². The molecule has 0 aromatic heterocycles. The monoisotopic (exact) mass is 527 g/mol. The van der Waals surface area contributed by atoms with Crippen LogP contribution in [0.25, 0.3) is 0 Å². The second-order valence-electron chi connectivity index (χ2n) is 9.66. The Morgan fingerprint density at radius 2 is 1.70 bits per heavy atom. The molecule has 2 aliphatic rings. The maximum atomic E-state index is 13.3. The van der Waals surface area contributed by atoms with Crippen molar-refractivity contribution >= 4 is 23.5 Å². The minimum absolute atomic E-state index is 0.0609. The predicted octanol–water partition coefficient (Wildman–Crippen LogP) is 4.47. The number of carboxylic acid groups (broad SMARTS) is 1. The van der Waals surface area contributed by atoms with Crippen LogP contribution in [0.15, 0.2) is 61.2 Å². The average molecular weight is 528 g/mol. The molecule has 0 spiro atoms. The molecule has 2 unspecified atom stereocenters. The zero-order chi connectivity index (χ0) is 26.9. The number of aliphatic carboxylic acids is 1. The second-order valence-corrected chi connectivity index (χ2v) is 9.66. The number of hydrogen-bond donors (Lipinski definition) is 2. The van der Waals surface area contributed by atoms with Crippen LogP contribution in [0.4, 0.5) is 0 Å². The van der Waals surface area contributed by atoms with E-state index in [-0.39, 0.29) is 29.7 Å². The lowest BCUT2D eigenvalue weighted by molar-refractivity contribution is -0.143. The Balaban J connectivity index is 0.00000186. The molecule has 0 saturated carbocycles. The Kier molecular flexibility index (Phi) is 10.6. The number of carbonyl (C=O) groups excluding carboxylic acids is 1. The Bertz CT molecular complexity index is 1070. The van der Waals surface area contributed by atoms with Gasteiger partial charge in [0.1, 0.15) is 5.75 Å². The summed E-state index contributed by atoms with van der Waals surface area (Å²) in [6, 6.07) is 15.3. The molecule has 7 nitrogen and oxygen atoms in total. The molecule has 0 bridgehead atoms. The molecular weight excluding hydrogens is 490 g/mol. The Hall–Kier alpha value is -2.87. The largest absolute Gasteiger partial charge is 0.508 e. The lowest BCUT2D eigenvalue weighted by Crippen LogP contribution is -2.53. The molecular formula is C29H38ClN3O4. The van der Waals surface area contributed by atoms with Crippen molar-refractivity contribution < 1.29 is 19.8 Å². The molecule has 2 fully saturated rings. The first-order valence-electron chi connectivity index (χ1n) is 12.7. The van der Waals surface area contributed by atoms with Crippen molar-refractivity contribution in [1.29, 1.82) is 0 Å². The van der Waals surface area contributed by atoms with Gasteiger partial charge in [-0.05, 0) is 55.2 Å². The van der Waals surface area contributed by atoms with Crippen LogP contribution in [0.5, 0.6) is 5.75 Å². The van der Waals surface area contributed by atoms with Gasteiger partial charge < -0.3 is 15.1 Å². The lowest BCUT2D eigenvalue weighted by Gasteiger charge is -2.44. The SMILES string of the molecule is C=CCN1CCN(C(c2cccc(O)c2)c2cccc(C(=O)N3CCC(C(=O)O)CC3)c2)C(C)C1.CCl. The summed E-state index contributed by atoms with van der Waals surface area (Å²) in [5.41, 5.74) is 2.60. The fourth-order valence-electron chi connectivity index (χ4n) is 5.40. The summed E-state index contributed by atoms with van der Waals surface area (Å²) in [5.74, 6) is -0.995. The number of halogens is 1. The highest BCUT2D eigenvalue weighted by Crippen LogP contribution is 2.34. The molecule has 0 radical (unpaired) electrons. The third-order valence-electron chi connectivity index (χ3n) is 7.25. The van der Waals surface area contributed by atoms with Crippen molar-refractivity contribution in [2.75, 3.05) is 45.7 Å². The van der Waals surface area contributed by atoms with Gasteiger partial charge in [0.05, 0.1) is 12.0 Å². The van der Waals surface area contributed by atoms with Gasteiger partial charge in [-0.15, -0.1) is 18.2 Å². The zero-order valence-electron chi connectivity index (χ0n) is 21.7. The lowest BCUT2D eigenvalue weighted by atomic mass is 9.92. The summed E-state index contributed by atoms with van der Waals surface area (Å²) in [6.45, 7) is 10.5. The fraction of sp³-hybridized carbons (Fsp3) is 0.448. The maximum Gasteiger partial charge on any atom is 0.306 e. The van der Waals surface area contributed by atoms with Gasteiger partial charge >= 0.3 is 5.97 Å². The Morgan fingerprint density at radius 1 is 1.05 bits per heavy atom. The molecule has 4 rings (SSSR count). The summed E-state index contributed by atoms with van der Waals surface area (Å²) in [7, 11) is 0. The van der Waals surface area contributed by atoms with Crippen molar-refractivity contribution in [3.63, 3.8) is 0 Å². The molecule has 200 valence electrons. The van der Waals surface area contributed by atoms with E-state index in [1.807, 2.05) is 42.5 Å². The van der Waals surface area contributed by atoms with Crippen molar-refractivity contribution in [2.24, 2.45) is 5.92 Å². The highest BCUT2D eigenvalue weighted by atomic mass is 35.5. The highest BCUT2D eigenvalue weighted by molar-refractivity contribution is 6.15. The molecule has 0 aliphatic carbocycles. The Labute approximate surface area is 224 Å². The molecule has 2 saturated heterocycles. The van der Waals surface area contributed by atoms with Crippen molar-refractivity contribution in [2.45, 2.75) is 31.8 Å². The standard InChI is InChI=1S/C28H35N3O4.CH3Cl/c1-3-12-29-15-16-31(20(2)19-29)26(23-7-5-9-25(32)18-23)22-6-4-8-24(17-22)27(33)30-13-10-21(11-14-30)28(34)35;1-2/h3-9,17-18,20-21,26,32H,1,10-16,19H2,2H3,(H,34,35);1H3. The number of benzene rings is 2. The number of aromatic hydroxyl groups is 1. The van der Waals surface area contributed by atoms with E-state index in [1.165, 1.54) is 6.38 Å². The van der Waals surface area contributed by atoms with Crippen LogP contribution in [0.3, 0.4) is 0 Å². The topological polar surface area (TPSA) is 84.3 Å². The number of amides is 1. The molecule has 1 amide bonds. The smallest absolute Gasteiger partial charge is 0.306 e. The summed E-state index contributed by atoms with van der Waals surface area (Å²) in [6.07, 6.45) is 4.38. The van der Waals surface area contributed by atoms with Gasteiger partial charge in [0.15, 0.2) is 0 Å². The number of hydrogen-bond acceptors (Lipinski definition) is 5. The van der Waals surface area contributed by atoms with Gasteiger partial charge in [-0.2, -0.15) is 0 Å². The molecule has 2 aromatic rings. The third-order valence-corrected chi connectivity index (χ3v) is 7.25. The number of piperidine rings is 1. The summed E-state index contributed by atoms with van der Waals surface area (Å²) >= 11 is 4.64. The molecule has 37 heavy (non-hydrogen) atoms.